The molecule has 118 valence electrons. The van der Waals surface area contributed by atoms with Crippen LogP contribution in [-0.4, -0.2) is 36.8 Å². The average Bonchev–Trinajstić information content (AvgIpc) is 2.91. The largest absolute Gasteiger partial charge is 0.480 e. The normalized spacial score (nSPS) is 22.2. The number of benzene rings is 1. The zero-order valence-corrected chi connectivity index (χ0v) is 13.4. The van der Waals surface area contributed by atoms with Crippen molar-refractivity contribution in [3.05, 3.63) is 40.0 Å². The van der Waals surface area contributed by atoms with Gasteiger partial charge in [-0.3, -0.25) is 4.79 Å². The first kappa shape index (κ1) is 16.7. The van der Waals surface area contributed by atoms with Gasteiger partial charge in [0.25, 0.3) is 0 Å². The van der Waals surface area contributed by atoms with Crippen molar-refractivity contribution < 1.29 is 9.90 Å². The Hall–Kier alpha value is -1.63. The number of hydrogen-bond donors (Lipinski definition) is 3. The van der Waals surface area contributed by atoms with Gasteiger partial charge in [0.2, 0.25) is 0 Å². The van der Waals surface area contributed by atoms with E-state index in [4.69, 9.17) is 28.3 Å². The van der Waals surface area contributed by atoms with Crippen LogP contribution in [0.15, 0.2) is 34.6 Å². The van der Waals surface area contributed by atoms with E-state index in [9.17, 15) is 4.79 Å². The lowest BCUT2D eigenvalue weighted by molar-refractivity contribution is -0.139. The molecule has 3 N–H and O–H groups in total. The van der Waals surface area contributed by atoms with Gasteiger partial charge in [-0.1, -0.05) is 23.2 Å². The van der Waals surface area contributed by atoms with Crippen LogP contribution >= 0.6 is 23.2 Å². The first-order valence-electron chi connectivity index (χ1n) is 6.68. The Bertz CT molecular complexity index is 599. The van der Waals surface area contributed by atoms with Crippen molar-refractivity contribution in [2.24, 2.45) is 10.2 Å². The molecule has 0 unspecified atom stereocenters. The molecular weight excluding hydrogens is 327 g/mol. The number of aliphatic carboxylic acids is 1. The van der Waals surface area contributed by atoms with Crippen LogP contribution in [0.3, 0.4) is 0 Å². The second-order valence-corrected chi connectivity index (χ2v) is 5.76. The van der Waals surface area contributed by atoms with Crippen LogP contribution in [0.5, 0.6) is 0 Å². The van der Waals surface area contributed by atoms with Crippen molar-refractivity contribution in [3.8, 4) is 0 Å². The number of nitrogens with zero attached hydrogens (tertiary/aromatic N) is 2. The van der Waals surface area contributed by atoms with Crippen molar-refractivity contribution >= 4 is 34.9 Å². The predicted octanol–water partition coefficient (Wildman–Crippen LogP) is 2.78. The maximum atomic E-state index is 10.9. The number of hydrogen-bond acceptors (Lipinski definition) is 5. The first-order chi connectivity index (χ1) is 10.5. The Morgan fingerprint density at radius 2 is 2.09 bits per heavy atom. The fourth-order valence-electron chi connectivity index (χ4n) is 2.23. The molecule has 8 heteroatoms. The van der Waals surface area contributed by atoms with E-state index < -0.39 is 12.0 Å². The van der Waals surface area contributed by atoms with Gasteiger partial charge in [-0.05, 0) is 24.6 Å². The maximum absolute atomic E-state index is 10.9. The Kier molecular flexibility index (Phi) is 5.76. The molecule has 22 heavy (non-hydrogen) atoms. The van der Waals surface area contributed by atoms with Gasteiger partial charge in [0, 0.05) is 41.4 Å². The predicted molar refractivity (Wildman–Crippen MR) is 86.2 cm³/mol. The van der Waals surface area contributed by atoms with Crippen molar-refractivity contribution in [1.29, 1.82) is 0 Å². The van der Waals surface area contributed by atoms with E-state index >= 15 is 0 Å². The number of carboxylic acid groups (broad SMARTS) is 1. The standard InChI is InChI=1S/C14H16Cl2N4O2/c1-17-20-13(8-2-9(15)4-10(16)3-8)7-18-11-5-12(14(21)22)19-6-11/h2-4,7,11-12,18-19H,5-6H2,1H3,(H,21,22)/b13-7-,20-17-/t11-,12-/m0/s1. The highest BCUT2D eigenvalue weighted by Gasteiger charge is 2.28. The van der Waals surface area contributed by atoms with Crippen LogP contribution in [0, 0.1) is 0 Å². The minimum Gasteiger partial charge on any atom is -0.480 e. The maximum Gasteiger partial charge on any atom is 0.320 e. The number of nitrogens with one attached hydrogen (secondary N) is 2. The highest BCUT2D eigenvalue weighted by molar-refractivity contribution is 6.34. The zero-order valence-electron chi connectivity index (χ0n) is 11.9. The Labute approximate surface area is 138 Å². The molecule has 2 rings (SSSR count). The SMILES string of the molecule is C/N=N\C(=C/N[C@@H]1CN[C@H](C(=O)O)C1)c1cc(Cl)cc(Cl)c1. The fourth-order valence-corrected chi connectivity index (χ4v) is 2.75. The van der Waals surface area contributed by atoms with E-state index in [0.717, 1.165) is 5.56 Å². The lowest BCUT2D eigenvalue weighted by Gasteiger charge is -2.10. The molecule has 1 aliphatic rings. The molecule has 1 aromatic carbocycles. The van der Waals surface area contributed by atoms with Crippen LogP contribution in [0.1, 0.15) is 12.0 Å². The summed E-state index contributed by atoms with van der Waals surface area (Å²) >= 11 is 12.0. The van der Waals surface area contributed by atoms with E-state index in [1.807, 2.05) is 0 Å². The summed E-state index contributed by atoms with van der Waals surface area (Å²) in [6.45, 7) is 0.570. The third-order valence-electron chi connectivity index (χ3n) is 3.25. The van der Waals surface area contributed by atoms with Gasteiger partial charge in [0.1, 0.15) is 11.7 Å². The van der Waals surface area contributed by atoms with Gasteiger partial charge in [-0.15, -0.1) is 0 Å². The number of rotatable bonds is 5. The number of azo groups is 1. The summed E-state index contributed by atoms with van der Waals surface area (Å²) in [6, 6.07) is 4.60. The quantitative estimate of drug-likeness (QED) is 0.718. The summed E-state index contributed by atoms with van der Waals surface area (Å²) in [4.78, 5) is 10.9. The van der Waals surface area contributed by atoms with Crippen molar-refractivity contribution in [3.63, 3.8) is 0 Å². The third-order valence-corrected chi connectivity index (χ3v) is 3.69. The monoisotopic (exact) mass is 342 g/mol. The Morgan fingerprint density at radius 3 is 2.64 bits per heavy atom. The van der Waals surface area contributed by atoms with Gasteiger partial charge in [0.15, 0.2) is 0 Å². The lowest BCUT2D eigenvalue weighted by Crippen LogP contribution is -2.30. The van der Waals surface area contributed by atoms with Gasteiger partial charge in [-0.25, -0.2) is 0 Å². The van der Waals surface area contributed by atoms with E-state index in [-0.39, 0.29) is 6.04 Å². The molecule has 1 aromatic rings. The molecule has 0 aromatic heterocycles. The summed E-state index contributed by atoms with van der Waals surface area (Å²) < 4.78 is 0. The molecule has 1 aliphatic heterocycles. The third kappa shape index (κ3) is 4.43. The van der Waals surface area contributed by atoms with E-state index in [1.165, 1.54) is 0 Å². The second-order valence-electron chi connectivity index (χ2n) is 4.89. The molecule has 0 aliphatic carbocycles. The molecule has 0 spiro atoms. The Morgan fingerprint density at radius 1 is 1.41 bits per heavy atom. The van der Waals surface area contributed by atoms with Crippen molar-refractivity contribution in [2.45, 2.75) is 18.5 Å². The summed E-state index contributed by atoms with van der Waals surface area (Å²) in [6.07, 6.45) is 2.20. The minimum atomic E-state index is -0.844. The second kappa shape index (κ2) is 7.58. The van der Waals surface area contributed by atoms with Crippen LogP contribution in [0.25, 0.3) is 5.70 Å². The fraction of sp³-hybridized carbons (Fsp3) is 0.357. The lowest BCUT2D eigenvalue weighted by atomic mass is 10.1. The first-order valence-corrected chi connectivity index (χ1v) is 7.44. The van der Waals surface area contributed by atoms with Gasteiger partial charge in [-0.2, -0.15) is 10.2 Å². The van der Waals surface area contributed by atoms with E-state index in [2.05, 4.69) is 20.9 Å². The van der Waals surface area contributed by atoms with Crippen LogP contribution in [0.4, 0.5) is 0 Å². The number of halogens is 2. The summed E-state index contributed by atoms with van der Waals surface area (Å²) in [7, 11) is 1.57. The van der Waals surface area contributed by atoms with Gasteiger partial charge < -0.3 is 15.7 Å². The molecular formula is C14H16Cl2N4O2. The van der Waals surface area contributed by atoms with Crippen LogP contribution in [0.2, 0.25) is 10.0 Å². The number of carbonyl (C=O) groups is 1. The number of carboxylic acids is 1. The van der Waals surface area contributed by atoms with Gasteiger partial charge >= 0.3 is 5.97 Å². The average molecular weight is 343 g/mol. The Balaban J connectivity index is 2.13. The molecule has 0 amide bonds. The van der Waals surface area contributed by atoms with Crippen LogP contribution in [-0.2, 0) is 4.79 Å². The highest BCUT2D eigenvalue weighted by Crippen LogP contribution is 2.25. The molecule has 1 heterocycles. The van der Waals surface area contributed by atoms with Gasteiger partial charge in [0.05, 0.1) is 0 Å². The molecule has 6 nitrogen and oxygen atoms in total. The summed E-state index contributed by atoms with van der Waals surface area (Å²) in [5, 5.41) is 23.9. The van der Waals surface area contributed by atoms with Crippen molar-refractivity contribution in [1.82, 2.24) is 10.6 Å². The van der Waals surface area contributed by atoms with Crippen LogP contribution < -0.4 is 10.6 Å². The highest BCUT2D eigenvalue weighted by atomic mass is 35.5. The molecule has 0 saturated carbocycles. The van der Waals surface area contributed by atoms with E-state index in [1.54, 1.807) is 31.4 Å². The summed E-state index contributed by atoms with van der Waals surface area (Å²) in [5.41, 5.74) is 1.31. The minimum absolute atomic E-state index is 0.0119. The molecule has 1 fully saturated rings. The molecule has 1 saturated heterocycles. The zero-order chi connectivity index (χ0) is 16.1. The molecule has 0 radical (unpaired) electrons. The van der Waals surface area contributed by atoms with E-state index in [0.29, 0.717) is 28.7 Å². The van der Waals surface area contributed by atoms with Crippen molar-refractivity contribution in [2.75, 3.05) is 13.6 Å². The molecule has 2 atom stereocenters. The summed E-state index contributed by atoms with van der Waals surface area (Å²) in [5.74, 6) is -0.844. The topological polar surface area (TPSA) is 86.1 Å². The smallest absolute Gasteiger partial charge is 0.320 e. The molecule has 0 bridgehead atoms.